The molecule has 1 saturated heterocycles. The van der Waals surface area contributed by atoms with E-state index in [9.17, 15) is 4.79 Å². The quantitative estimate of drug-likeness (QED) is 0.262. The number of hydrogen-bond acceptors (Lipinski definition) is 3. The molecule has 194 valence electrons. The zero-order chi connectivity index (χ0) is 26.8. The molecule has 2 aromatic carbocycles. The van der Waals surface area contributed by atoms with Crippen molar-refractivity contribution in [3.8, 4) is 5.69 Å². The third kappa shape index (κ3) is 5.17. The highest BCUT2D eigenvalue weighted by molar-refractivity contribution is 7.80. The summed E-state index contributed by atoms with van der Waals surface area (Å²) in [5.74, 6) is -0.0474. The predicted octanol–water partition coefficient (Wildman–Crippen LogP) is 6.45. The average Bonchev–Trinajstić information content (AvgIpc) is 3.39. The fourth-order valence-electron chi connectivity index (χ4n) is 5.21. The van der Waals surface area contributed by atoms with E-state index in [0.29, 0.717) is 23.1 Å². The molecule has 1 aliphatic heterocycles. The Morgan fingerprint density at radius 3 is 2.50 bits per heavy atom. The summed E-state index contributed by atoms with van der Waals surface area (Å²) >= 11 is 12.0. The summed E-state index contributed by atoms with van der Waals surface area (Å²) in [6, 6.07) is 23.5. The van der Waals surface area contributed by atoms with Gasteiger partial charge in [0, 0.05) is 46.9 Å². The number of carbonyl (C=O) groups excluding carboxylic acids is 1. The van der Waals surface area contributed by atoms with Gasteiger partial charge in [0.25, 0.3) is 0 Å². The second kappa shape index (κ2) is 11.0. The number of para-hydroxylation sites is 1. The number of anilines is 1. The van der Waals surface area contributed by atoms with Crippen LogP contribution in [0.3, 0.4) is 0 Å². The van der Waals surface area contributed by atoms with E-state index in [-0.39, 0.29) is 18.0 Å². The average molecular weight is 544 g/mol. The van der Waals surface area contributed by atoms with Crippen LogP contribution in [-0.4, -0.2) is 32.0 Å². The van der Waals surface area contributed by atoms with Crippen molar-refractivity contribution in [1.29, 1.82) is 0 Å². The molecule has 3 heterocycles. The van der Waals surface area contributed by atoms with Crippen LogP contribution in [0.1, 0.15) is 46.7 Å². The van der Waals surface area contributed by atoms with Crippen molar-refractivity contribution >= 4 is 40.5 Å². The molecule has 1 aliphatic rings. The topological polar surface area (TPSA) is 62.2 Å². The van der Waals surface area contributed by atoms with Gasteiger partial charge in [0.2, 0.25) is 5.91 Å². The van der Waals surface area contributed by atoms with Gasteiger partial charge >= 0.3 is 0 Å². The normalized spacial score (nSPS) is 16.9. The van der Waals surface area contributed by atoms with Crippen molar-refractivity contribution in [2.45, 2.75) is 39.3 Å². The molecule has 4 aromatic rings. The number of amides is 1. The Kier molecular flexibility index (Phi) is 7.49. The molecule has 2 atom stereocenters. The molecular formula is C30H30ClN5OS. The van der Waals surface area contributed by atoms with E-state index in [4.69, 9.17) is 23.8 Å². The predicted molar refractivity (Wildman–Crippen MR) is 157 cm³/mol. The van der Waals surface area contributed by atoms with Crippen molar-refractivity contribution in [2.24, 2.45) is 0 Å². The Labute approximate surface area is 233 Å². The van der Waals surface area contributed by atoms with Gasteiger partial charge in [-0.3, -0.25) is 9.78 Å². The van der Waals surface area contributed by atoms with Crippen molar-refractivity contribution in [3.63, 3.8) is 0 Å². The Bertz CT molecular complexity index is 1470. The van der Waals surface area contributed by atoms with Gasteiger partial charge in [0.15, 0.2) is 5.11 Å². The molecule has 2 N–H and O–H groups in total. The molecular weight excluding hydrogens is 514 g/mol. The number of aryl methyl sites for hydroxylation is 2. The third-order valence-corrected chi connectivity index (χ3v) is 7.67. The van der Waals surface area contributed by atoms with Crippen LogP contribution in [-0.2, 0) is 4.79 Å². The van der Waals surface area contributed by atoms with Gasteiger partial charge in [-0.15, -0.1) is 0 Å². The van der Waals surface area contributed by atoms with E-state index in [1.54, 1.807) is 6.20 Å². The van der Waals surface area contributed by atoms with Gasteiger partial charge < -0.3 is 20.1 Å². The number of pyridine rings is 1. The molecule has 0 saturated carbocycles. The Morgan fingerprint density at radius 1 is 1.05 bits per heavy atom. The highest BCUT2D eigenvalue weighted by Gasteiger charge is 2.41. The first-order valence-electron chi connectivity index (χ1n) is 12.6. The number of rotatable bonds is 7. The van der Waals surface area contributed by atoms with Crippen molar-refractivity contribution < 1.29 is 4.79 Å². The van der Waals surface area contributed by atoms with Gasteiger partial charge in [-0.05, 0) is 92.6 Å². The molecule has 0 unspecified atom stereocenters. The number of thiocarbonyl (C=S) groups is 1. The van der Waals surface area contributed by atoms with Crippen LogP contribution in [0.5, 0.6) is 0 Å². The number of hydrogen-bond donors (Lipinski definition) is 2. The SMILES string of the molecule is Cc1ccccc1NC(=O)CCN1C(=S)N[C@H](c2ccccn2)[C@H]1c1cc(C)n(-c2ccc(Cl)cc2)c1C. The third-order valence-electron chi connectivity index (χ3n) is 7.07. The molecule has 1 fully saturated rings. The van der Waals surface area contributed by atoms with E-state index in [0.717, 1.165) is 39.6 Å². The van der Waals surface area contributed by atoms with E-state index in [1.165, 1.54) is 0 Å². The minimum atomic E-state index is -0.151. The van der Waals surface area contributed by atoms with E-state index in [2.05, 4.69) is 45.0 Å². The smallest absolute Gasteiger partial charge is 0.226 e. The molecule has 2 aromatic heterocycles. The van der Waals surface area contributed by atoms with Crippen LogP contribution in [0.4, 0.5) is 5.69 Å². The lowest BCUT2D eigenvalue weighted by molar-refractivity contribution is -0.116. The lowest BCUT2D eigenvalue weighted by Gasteiger charge is -2.28. The minimum Gasteiger partial charge on any atom is -0.352 e. The lowest BCUT2D eigenvalue weighted by Crippen LogP contribution is -2.33. The molecule has 38 heavy (non-hydrogen) atoms. The van der Waals surface area contributed by atoms with Gasteiger partial charge in [0.05, 0.1) is 17.8 Å². The molecule has 5 rings (SSSR count). The Balaban J connectivity index is 1.47. The summed E-state index contributed by atoms with van der Waals surface area (Å²) in [6.45, 7) is 6.68. The molecule has 0 spiro atoms. The van der Waals surface area contributed by atoms with Crippen molar-refractivity contribution in [1.82, 2.24) is 19.8 Å². The zero-order valence-corrected chi connectivity index (χ0v) is 23.2. The summed E-state index contributed by atoms with van der Waals surface area (Å²) < 4.78 is 2.23. The maximum Gasteiger partial charge on any atom is 0.226 e. The summed E-state index contributed by atoms with van der Waals surface area (Å²) in [4.78, 5) is 19.7. The lowest BCUT2D eigenvalue weighted by atomic mass is 9.96. The maximum atomic E-state index is 12.9. The van der Waals surface area contributed by atoms with Crippen LogP contribution in [0, 0.1) is 20.8 Å². The van der Waals surface area contributed by atoms with E-state index < -0.39 is 0 Å². The number of nitrogens with zero attached hydrogens (tertiary/aromatic N) is 3. The molecule has 0 radical (unpaired) electrons. The fraction of sp³-hybridized carbons (Fsp3) is 0.233. The Morgan fingerprint density at radius 2 is 1.79 bits per heavy atom. The first-order valence-corrected chi connectivity index (χ1v) is 13.4. The maximum absolute atomic E-state index is 12.9. The van der Waals surface area contributed by atoms with Crippen LogP contribution in [0.25, 0.3) is 5.69 Å². The molecule has 1 amide bonds. The zero-order valence-electron chi connectivity index (χ0n) is 21.6. The standard InChI is InChI=1S/C30H30ClN5OS/c1-19-8-4-5-9-25(19)33-27(37)15-17-35-29(28(34-30(35)38)26-10-6-7-16-32-26)24-18-20(2)36(21(24)3)23-13-11-22(31)12-14-23/h4-14,16,18,28-29H,15,17H2,1-3H3,(H,33,37)(H,34,38)/t28-,29-/m1/s1. The van der Waals surface area contributed by atoms with E-state index >= 15 is 0 Å². The van der Waals surface area contributed by atoms with Gasteiger partial charge in [-0.2, -0.15) is 0 Å². The second-order valence-corrected chi connectivity index (χ2v) is 10.4. The van der Waals surface area contributed by atoms with Gasteiger partial charge in [-0.25, -0.2) is 0 Å². The van der Waals surface area contributed by atoms with Crippen LogP contribution in [0.15, 0.2) is 79.0 Å². The summed E-state index contributed by atoms with van der Waals surface area (Å²) in [5.41, 5.74) is 7.16. The summed E-state index contributed by atoms with van der Waals surface area (Å²) in [5, 5.41) is 7.85. The molecule has 8 heteroatoms. The Hall–Kier alpha value is -3.68. The second-order valence-electron chi connectivity index (χ2n) is 9.57. The van der Waals surface area contributed by atoms with Crippen LogP contribution < -0.4 is 10.6 Å². The first-order chi connectivity index (χ1) is 18.3. The van der Waals surface area contributed by atoms with Gasteiger partial charge in [-0.1, -0.05) is 35.9 Å². The summed E-state index contributed by atoms with van der Waals surface area (Å²) in [6.07, 6.45) is 2.10. The highest BCUT2D eigenvalue weighted by atomic mass is 35.5. The highest BCUT2D eigenvalue weighted by Crippen LogP contribution is 2.41. The number of benzene rings is 2. The number of nitrogens with one attached hydrogen (secondary N) is 2. The van der Waals surface area contributed by atoms with Crippen molar-refractivity contribution in [3.05, 3.63) is 112 Å². The number of halogens is 1. The minimum absolute atomic E-state index is 0.0474. The van der Waals surface area contributed by atoms with Crippen LogP contribution in [0.2, 0.25) is 5.02 Å². The molecule has 0 bridgehead atoms. The largest absolute Gasteiger partial charge is 0.352 e. The first kappa shape index (κ1) is 25.9. The monoisotopic (exact) mass is 543 g/mol. The van der Waals surface area contributed by atoms with E-state index in [1.807, 2.05) is 73.7 Å². The summed E-state index contributed by atoms with van der Waals surface area (Å²) in [7, 11) is 0. The van der Waals surface area contributed by atoms with Crippen LogP contribution >= 0.6 is 23.8 Å². The number of aromatic nitrogens is 2. The molecule has 6 nitrogen and oxygen atoms in total. The van der Waals surface area contributed by atoms with Crippen molar-refractivity contribution in [2.75, 3.05) is 11.9 Å². The number of carbonyl (C=O) groups is 1. The molecule has 0 aliphatic carbocycles. The fourth-order valence-corrected chi connectivity index (χ4v) is 5.67. The van der Waals surface area contributed by atoms with Gasteiger partial charge in [0.1, 0.15) is 0 Å².